The molecule has 3 nitrogen and oxygen atoms in total. The highest BCUT2D eigenvalue weighted by Crippen LogP contribution is 2.31. The predicted octanol–water partition coefficient (Wildman–Crippen LogP) is 3.19. The summed E-state index contributed by atoms with van der Waals surface area (Å²) < 4.78 is 59.7. The van der Waals surface area contributed by atoms with Crippen LogP contribution in [0.15, 0.2) is 29.2 Å². The van der Waals surface area contributed by atoms with Gasteiger partial charge in [0.2, 0.25) is 0 Å². The van der Waals surface area contributed by atoms with Gasteiger partial charge in [-0.1, -0.05) is 0 Å². The number of sulfone groups is 1. The third kappa shape index (κ3) is 3.03. The molecule has 1 fully saturated rings. The van der Waals surface area contributed by atoms with E-state index in [-0.39, 0.29) is 5.38 Å². The average molecular weight is 328 g/mol. The summed E-state index contributed by atoms with van der Waals surface area (Å²) in [5.74, 6) is 0. The maximum absolute atomic E-state index is 12.4. The van der Waals surface area contributed by atoms with Crippen LogP contribution in [0.2, 0.25) is 0 Å². The summed E-state index contributed by atoms with van der Waals surface area (Å²) in [6, 6.07) is 4.77. The third-order valence-corrected chi connectivity index (χ3v) is 5.18. The largest absolute Gasteiger partial charge is 0.501 e. The highest BCUT2D eigenvalue weighted by atomic mass is 35.5. The minimum atomic E-state index is -5.27. The van der Waals surface area contributed by atoms with Gasteiger partial charge in [0, 0.05) is 24.2 Å². The van der Waals surface area contributed by atoms with E-state index in [1.165, 1.54) is 12.1 Å². The Morgan fingerprint density at radius 1 is 1.10 bits per heavy atom. The molecule has 0 amide bonds. The van der Waals surface area contributed by atoms with Crippen LogP contribution in [0.4, 0.5) is 18.9 Å². The second kappa shape index (κ2) is 5.44. The zero-order valence-electron chi connectivity index (χ0n) is 10.4. The Bertz CT molecular complexity index is 563. The van der Waals surface area contributed by atoms with Gasteiger partial charge in [-0.25, -0.2) is 8.42 Å². The van der Waals surface area contributed by atoms with Gasteiger partial charge < -0.3 is 4.90 Å². The maximum Gasteiger partial charge on any atom is 0.501 e. The van der Waals surface area contributed by atoms with E-state index in [0.717, 1.165) is 25.0 Å². The Kier molecular flexibility index (Phi) is 4.20. The summed E-state index contributed by atoms with van der Waals surface area (Å²) in [7, 11) is -5.27. The maximum atomic E-state index is 12.4. The Morgan fingerprint density at radius 3 is 2.05 bits per heavy atom. The minimum absolute atomic E-state index is 0.121. The van der Waals surface area contributed by atoms with Gasteiger partial charge in [0.1, 0.15) is 0 Å². The number of halogens is 4. The lowest BCUT2D eigenvalue weighted by Gasteiger charge is -2.31. The van der Waals surface area contributed by atoms with Gasteiger partial charge in [0.05, 0.1) is 4.90 Å². The van der Waals surface area contributed by atoms with Crippen LogP contribution in [-0.2, 0) is 9.84 Å². The van der Waals surface area contributed by atoms with Gasteiger partial charge in [-0.2, -0.15) is 13.2 Å². The average Bonchev–Trinajstić information content (AvgIpc) is 2.38. The van der Waals surface area contributed by atoms with Crippen LogP contribution in [-0.4, -0.2) is 32.4 Å². The summed E-state index contributed by atoms with van der Waals surface area (Å²) in [6.45, 7) is 1.42. The van der Waals surface area contributed by atoms with Crippen molar-refractivity contribution in [2.24, 2.45) is 0 Å². The standard InChI is InChI=1S/C12H13ClF3NO2S/c13-9-5-7-17(8-6-9)10-1-3-11(4-2-10)20(18,19)12(14,15)16/h1-4,9H,5-8H2. The Balaban J connectivity index is 2.19. The van der Waals surface area contributed by atoms with Crippen molar-refractivity contribution in [3.63, 3.8) is 0 Å². The van der Waals surface area contributed by atoms with Gasteiger partial charge in [0.15, 0.2) is 0 Å². The van der Waals surface area contributed by atoms with E-state index in [4.69, 9.17) is 11.6 Å². The van der Waals surface area contributed by atoms with E-state index in [2.05, 4.69) is 0 Å². The lowest BCUT2D eigenvalue weighted by atomic mass is 10.1. The number of nitrogens with zero attached hydrogens (tertiary/aromatic N) is 1. The predicted molar refractivity (Wildman–Crippen MR) is 70.8 cm³/mol. The van der Waals surface area contributed by atoms with Crippen LogP contribution in [0.5, 0.6) is 0 Å². The minimum Gasteiger partial charge on any atom is -0.371 e. The molecule has 0 saturated carbocycles. The molecule has 1 aliphatic rings. The van der Waals surface area contributed by atoms with Gasteiger partial charge in [0.25, 0.3) is 9.84 Å². The topological polar surface area (TPSA) is 37.4 Å². The zero-order valence-corrected chi connectivity index (χ0v) is 12.0. The van der Waals surface area contributed by atoms with Gasteiger partial charge in [-0.3, -0.25) is 0 Å². The Morgan fingerprint density at radius 2 is 1.60 bits per heavy atom. The van der Waals surface area contributed by atoms with Crippen molar-refractivity contribution >= 4 is 27.1 Å². The molecule has 0 bridgehead atoms. The monoisotopic (exact) mass is 327 g/mol. The molecule has 1 heterocycles. The third-order valence-electron chi connectivity index (χ3n) is 3.24. The van der Waals surface area contributed by atoms with E-state index in [1.54, 1.807) is 0 Å². The number of anilines is 1. The molecule has 0 N–H and O–H groups in total. The number of alkyl halides is 4. The zero-order chi connectivity index (χ0) is 15.0. The molecule has 0 aliphatic carbocycles. The molecular weight excluding hydrogens is 315 g/mol. The number of piperidine rings is 1. The molecule has 0 spiro atoms. The molecule has 0 aromatic heterocycles. The molecule has 1 aliphatic heterocycles. The number of hydrogen-bond acceptors (Lipinski definition) is 3. The molecule has 0 atom stereocenters. The highest BCUT2D eigenvalue weighted by molar-refractivity contribution is 7.92. The van der Waals surface area contributed by atoms with Crippen LogP contribution >= 0.6 is 11.6 Å². The Hall–Kier alpha value is -0.950. The summed E-state index contributed by atoms with van der Waals surface area (Å²) in [5.41, 5.74) is -4.57. The van der Waals surface area contributed by atoms with Gasteiger partial charge in [-0.05, 0) is 37.1 Å². The molecule has 0 radical (unpaired) electrons. The molecule has 1 aromatic carbocycles. The fourth-order valence-electron chi connectivity index (χ4n) is 2.08. The molecule has 2 rings (SSSR count). The normalized spacial score (nSPS) is 18.3. The summed E-state index contributed by atoms with van der Waals surface area (Å²) in [5, 5.41) is 0.121. The van der Waals surface area contributed by atoms with Crippen LogP contribution in [0.25, 0.3) is 0 Å². The van der Waals surface area contributed by atoms with Gasteiger partial charge in [-0.15, -0.1) is 11.6 Å². The SMILES string of the molecule is O=S(=O)(c1ccc(N2CCC(Cl)CC2)cc1)C(F)(F)F. The van der Waals surface area contributed by atoms with E-state index in [0.29, 0.717) is 18.8 Å². The smallest absolute Gasteiger partial charge is 0.371 e. The second-order valence-electron chi connectivity index (χ2n) is 4.60. The van der Waals surface area contributed by atoms with Gasteiger partial charge >= 0.3 is 5.51 Å². The van der Waals surface area contributed by atoms with Crippen molar-refractivity contribution in [2.75, 3.05) is 18.0 Å². The highest BCUT2D eigenvalue weighted by Gasteiger charge is 2.46. The number of hydrogen-bond donors (Lipinski definition) is 0. The first-order chi connectivity index (χ1) is 9.22. The molecule has 1 saturated heterocycles. The summed E-state index contributed by atoms with van der Waals surface area (Å²) in [6.07, 6.45) is 1.59. The first kappa shape index (κ1) is 15.4. The van der Waals surface area contributed by atoms with Crippen molar-refractivity contribution < 1.29 is 21.6 Å². The summed E-state index contributed by atoms with van der Waals surface area (Å²) in [4.78, 5) is 1.24. The van der Waals surface area contributed by atoms with Crippen LogP contribution in [0.1, 0.15) is 12.8 Å². The van der Waals surface area contributed by atoms with Crippen molar-refractivity contribution in [1.82, 2.24) is 0 Å². The lowest BCUT2D eigenvalue weighted by molar-refractivity contribution is -0.0436. The second-order valence-corrected chi connectivity index (χ2v) is 7.16. The summed E-state index contributed by atoms with van der Waals surface area (Å²) >= 11 is 5.97. The van der Waals surface area contributed by atoms with E-state index in [1.807, 2.05) is 4.90 Å². The van der Waals surface area contributed by atoms with E-state index in [9.17, 15) is 21.6 Å². The fourth-order valence-corrected chi connectivity index (χ4v) is 3.03. The first-order valence-corrected chi connectivity index (χ1v) is 7.94. The van der Waals surface area contributed by atoms with Crippen molar-refractivity contribution in [2.45, 2.75) is 28.6 Å². The van der Waals surface area contributed by atoms with Crippen LogP contribution < -0.4 is 4.90 Å². The first-order valence-electron chi connectivity index (χ1n) is 6.02. The molecule has 1 aromatic rings. The van der Waals surface area contributed by atoms with Crippen molar-refractivity contribution in [3.8, 4) is 0 Å². The fraction of sp³-hybridized carbons (Fsp3) is 0.500. The van der Waals surface area contributed by atoms with E-state index < -0.39 is 20.2 Å². The number of rotatable bonds is 2. The van der Waals surface area contributed by atoms with E-state index >= 15 is 0 Å². The quantitative estimate of drug-likeness (QED) is 0.783. The lowest BCUT2D eigenvalue weighted by Crippen LogP contribution is -2.34. The van der Waals surface area contributed by atoms with Crippen LogP contribution in [0.3, 0.4) is 0 Å². The molecular formula is C12H13ClF3NO2S. The molecule has 20 heavy (non-hydrogen) atoms. The van der Waals surface area contributed by atoms with Crippen molar-refractivity contribution in [3.05, 3.63) is 24.3 Å². The Labute approximate surface area is 120 Å². The van der Waals surface area contributed by atoms with Crippen LogP contribution in [0, 0.1) is 0 Å². The van der Waals surface area contributed by atoms with Crippen molar-refractivity contribution in [1.29, 1.82) is 0 Å². The molecule has 112 valence electrons. The molecule has 8 heteroatoms. The number of benzene rings is 1. The molecule has 0 unspecified atom stereocenters.